The van der Waals surface area contributed by atoms with Gasteiger partial charge < -0.3 is 19.5 Å². The van der Waals surface area contributed by atoms with Crippen molar-refractivity contribution in [2.24, 2.45) is 0 Å². The Balaban J connectivity index is 2.43. The summed E-state index contributed by atoms with van der Waals surface area (Å²) < 4.78 is 16.2. The number of thioether (sulfide) groups is 1. The third kappa shape index (κ3) is 2.52. The van der Waals surface area contributed by atoms with Crippen LogP contribution in [0.3, 0.4) is 0 Å². The van der Waals surface area contributed by atoms with Crippen molar-refractivity contribution in [1.82, 2.24) is 5.32 Å². The Bertz CT molecular complexity index is 400. The molecule has 0 aliphatic carbocycles. The fraction of sp³-hybridized carbons (Fsp3) is 0.538. The summed E-state index contributed by atoms with van der Waals surface area (Å²) in [7, 11) is 4.97. The zero-order valence-corrected chi connectivity index (χ0v) is 12.0. The predicted octanol–water partition coefficient (Wildman–Crippen LogP) is 2.44. The average Bonchev–Trinajstić information content (AvgIpc) is 2.83. The molecule has 0 bridgehead atoms. The van der Waals surface area contributed by atoms with E-state index in [1.807, 2.05) is 23.9 Å². The molecule has 4 nitrogen and oxygen atoms in total. The normalized spacial score (nSPS) is 22.9. The second-order valence-electron chi connectivity index (χ2n) is 4.18. The molecule has 5 heteroatoms. The zero-order valence-electron chi connectivity index (χ0n) is 11.1. The minimum Gasteiger partial charge on any atom is -0.496 e. The Morgan fingerprint density at radius 3 is 2.11 bits per heavy atom. The van der Waals surface area contributed by atoms with Crippen LogP contribution in [0.1, 0.15) is 17.9 Å². The van der Waals surface area contributed by atoms with Crippen molar-refractivity contribution in [1.29, 1.82) is 0 Å². The van der Waals surface area contributed by atoms with Gasteiger partial charge in [0, 0.05) is 23.9 Å². The standard InChI is InChI=1S/C13H19NO3S/c1-8-7-14-13(18-8)12-10(16-3)5-9(15-2)6-11(12)17-4/h5-6,8,13-14H,7H2,1-4H3. The number of benzene rings is 1. The van der Waals surface area contributed by atoms with Crippen LogP contribution >= 0.6 is 11.8 Å². The fourth-order valence-corrected chi connectivity index (χ4v) is 3.28. The Hall–Kier alpha value is -1.07. The van der Waals surface area contributed by atoms with Crippen molar-refractivity contribution in [3.8, 4) is 17.2 Å². The summed E-state index contributed by atoms with van der Waals surface area (Å²) in [5, 5.41) is 4.27. The Morgan fingerprint density at radius 2 is 1.72 bits per heavy atom. The molecule has 1 saturated heterocycles. The molecule has 100 valence electrons. The first kappa shape index (κ1) is 13.4. The quantitative estimate of drug-likeness (QED) is 0.909. The molecule has 1 heterocycles. The largest absolute Gasteiger partial charge is 0.496 e. The molecular formula is C13H19NO3S. The Kier molecular flexibility index (Phi) is 4.24. The van der Waals surface area contributed by atoms with E-state index in [1.165, 1.54) is 0 Å². The van der Waals surface area contributed by atoms with Gasteiger partial charge in [-0.25, -0.2) is 0 Å². The lowest BCUT2D eigenvalue weighted by molar-refractivity contribution is 0.367. The van der Waals surface area contributed by atoms with Crippen molar-refractivity contribution >= 4 is 11.8 Å². The summed E-state index contributed by atoms with van der Waals surface area (Å²) in [5.74, 6) is 2.33. The first-order chi connectivity index (χ1) is 8.69. The summed E-state index contributed by atoms with van der Waals surface area (Å²) in [6, 6.07) is 3.78. The van der Waals surface area contributed by atoms with E-state index in [1.54, 1.807) is 21.3 Å². The molecule has 1 aromatic carbocycles. The topological polar surface area (TPSA) is 39.7 Å². The monoisotopic (exact) mass is 269 g/mol. The van der Waals surface area contributed by atoms with Crippen molar-refractivity contribution in [3.05, 3.63) is 17.7 Å². The lowest BCUT2D eigenvalue weighted by atomic mass is 10.1. The van der Waals surface area contributed by atoms with E-state index >= 15 is 0 Å². The van der Waals surface area contributed by atoms with E-state index in [-0.39, 0.29) is 5.37 Å². The van der Waals surface area contributed by atoms with Crippen LogP contribution in [0.4, 0.5) is 0 Å². The van der Waals surface area contributed by atoms with E-state index in [4.69, 9.17) is 14.2 Å². The average molecular weight is 269 g/mol. The smallest absolute Gasteiger partial charge is 0.131 e. The van der Waals surface area contributed by atoms with Gasteiger partial charge >= 0.3 is 0 Å². The van der Waals surface area contributed by atoms with Gasteiger partial charge in [0.25, 0.3) is 0 Å². The Morgan fingerprint density at radius 1 is 1.11 bits per heavy atom. The maximum Gasteiger partial charge on any atom is 0.131 e. The van der Waals surface area contributed by atoms with Gasteiger partial charge in [0.2, 0.25) is 0 Å². The van der Waals surface area contributed by atoms with Crippen molar-refractivity contribution in [2.45, 2.75) is 17.5 Å². The van der Waals surface area contributed by atoms with Crippen LogP contribution in [0.15, 0.2) is 12.1 Å². The third-order valence-corrected chi connectivity index (χ3v) is 4.28. The van der Waals surface area contributed by atoms with Crippen LogP contribution in [0, 0.1) is 0 Å². The highest BCUT2D eigenvalue weighted by molar-refractivity contribution is 8.00. The van der Waals surface area contributed by atoms with Crippen molar-refractivity contribution < 1.29 is 14.2 Å². The van der Waals surface area contributed by atoms with E-state index < -0.39 is 0 Å². The highest BCUT2D eigenvalue weighted by Crippen LogP contribution is 2.45. The molecule has 1 N–H and O–H groups in total. The maximum absolute atomic E-state index is 5.46. The molecule has 0 aromatic heterocycles. The number of ether oxygens (including phenoxy) is 3. The lowest BCUT2D eigenvalue weighted by Gasteiger charge is -2.19. The predicted molar refractivity (Wildman–Crippen MR) is 73.9 cm³/mol. The van der Waals surface area contributed by atoms with Gasteiger partial charge in [-0.05, 0) is 0 Å². The SMILES string of the molecule is COc1cc(OC)c(C2NCC(C)S2)c(OC)c1. The highest BCUT2D eigenvalue weighted by Gasteiger charge is 2.28. The zero-order chi connectivity index (χ0) is 13.1. The summed E-state index contributed by atoms with van der Waals surface area (Å²) in [5.41, 5.74) is 1.05. The van der Waals surface area contributed by atoms with E-state index in [2.05, 4.69) is 12.2 Å². The van der Waals surface area contributed by atoms with Gasteiger partial charge in [-0.2, -0.15) is 0 Å². The summed E-state index contributed by atoms with van der Waals surface area (Å²) in [6.07, 6.45) is 0. The molecule has 1 aliphatic heterocycles. The molecule has 18 heavy (non-hydrogen) atoms. The van der Waals surface area contributed by atoms with E-state index in [9.17, 15) is 0 Å². The van der Waals surface area contributed by atoms with Crippen LogP contribution in [0.2, 0.25) is 0 Å². The highest BCUT2D eigenvalue weighted by atomic mass is 32.2. The molecule has 1 fully saturated rings. The van der Waals surface area contributed by atoms with E-state index in [0.29, 0.717) is 5.25 Å². The fourth-order valence-electron chi connectivity index (χ4n) is 2.06. The van der Waals surface area contributed by atoms with Gasteiger partial charge in [-0.15, -0.1) is 11.8 Å². The van der Waals surface area contributed by atoms with Gasteiger partial charge in [0.1, 0.15) is 17.2 Å². The third-order valence-electron chi connectivity index (χ3n) is 2.97. The first-order valence-electron chi connectivity index (χ1n) is 5.88. The molecule has 0 radical (unpaired) electrons. The van der Waals surface area contributed by atoms with Gasteiger partial charge in [-0.1, -0.05) is 6.92 Å². The lowest BCUT2D eigenvalue weighted by Crippen LogP contribution is -2.15. The van der Waals surface area contributed by atoms with Gasteiger partial charge in [-0.3, -0.25) is 0 Å². The van der Waals surface area contributed by atoms with Crippen LogP contribution in [-0.2, 0) is 0 Å². The first-order valence-corrected chi connectivity index (χ1v) is 6.82. The number of hydrogen-bond acceptors (Lipinski definition) is 5. The van der Waals surface area contributed by atoms with Crippen LogP contribution < -0.4 is 19.5 Å². The molecule has 2 rings (SSSR count). The summed E-state index contributed by atoms with van der Waals surface area (Å²) in [6.45, 7) is 3.20. The second kappa shape index (κ2) is 5.71. The van der Waals surface area contributed by atoms with Crippen LogP contribution in [0.25, 0.3) is 0 Å². The molecule has 2 atom stereocenters. The minimum absolute atomic E-state index is 0.204. The van der Waals surface area contributed by atoms with Crippen molar-refractivity contribution in [2.75, 3.05) is 27.9 Å². The molecular weight excluding hydrogens is 250 g/mol. The minimum atomic E-state index is 0.204. The number of nitrogens with one attached hydrogen (secondary N) is 1. The van der Waals surface area contributed by atoms with Gasteiger partial charge in [0.05, 0.1) is 32.3 Å². The molecule has 1 aliphatic rings. The van der Waals surface area contributed by atoms with Gasteiger partial charge in [0.15, 0.2) is 0 Å². The second-order valence-corrected chi connectivity index (χ2v) is 5.73. The molecule has 1 aromatic rings. The Labute approximate surface area is 112 Å². The molecule has 0 amide bonds. The van der Waals surface area contributed by atoms with Crippen LogP contribution in [0.5, 0.6) is 17.2 Å². The molecule has 2 unspecified atom stereocenters. The van der Waals surface area contributed by atoms with E-state index in [0.717, 1.165) is 29.4 Å². The summed E-state index contributed by atoms with van der Waals surface area (Å²) in [4.78, 5) is 0. The summed E-state index contributed by atoms with van der Waals surface area (Å²) >= 11 is 1.88. The molecule has 0 spiro atoms. The van der Waals surface area contributed by atoms with Crippen molar-refractivity contribution in [3.63, 3.8) is 0 Å². The number of hydrogen-bond donors (Lipinski definition) is 1. The van der Waals surface area contributed by atoms with Crippen LogP contribution in [-0.4, -0.2) is 33.1 Å². The number of methoxy groups -OCH3 is 3. The number of rotatable bonds is 4. The maximum atomic E-state index is 5.46. The molecule has 0 saturated carbocycles.